The molecule has 0 radical (unpaired) electrons. The van der Waals surface area contributed by atoms with E-state index in [0.717, 1.165) is 10.6 Å². The fourth-order valence-corrected chi connectivity index (χ4v) is 2.96. The van der Waals surface area contributed by atoms with Crippen molar-refractivity contribution in [3.63, 3.8) is 0 Å². The molecule has 0 aromatic heterocycles. The molecule has 7 heteroatoms. The van der Waals surface area contributed by atoms with Crippen LogP contribution in [0.5, 0.6) is 0 Å². The third-order valence-electron chi connectivity index (χ3n) is 4.12. The third kappa shape index (κ3) is 4.16. The number of amides is 2. The summed E-state index contributed by atoms with van der Waals surface area (Å²) >= 11 is 0. The standard InChI is InChI=1S/C19H28N2O5/c1-18(2,3)26-17(23)21-14(16(22)20(6)24-7)15(25-19(21,4)5)13-11-9-8-10-12-13/h8-12,14-15H,1-7H3/t14-,15+/m0/s1. The second kappa shape index (κ2) is 7.25. The van der Waals surface area contributed by atoms with Gasteiger partial charge in [0.05, 0.1) is 7.11 Å². The minimum Gasteiger partial charge on any atom is -0.444 e. The lowest BCUT2D eigenvalue weighted by Gasteiger charge is -2.35. The van der Waals surface area contributed by atoms with Crippen molar-refractivity contribution in [2.75, 3.05) is 14.2 Å². The summed E-state index contributed by atoms with van der Waals surface area (Å²) in [6, 6.07) is 8.44. The molecule has 0 spiro atoms. The van der Waals surface area contributed by atoms with E-state index in [1.54, 1.807) is 34.6 Å². The lowest BCUT2D eigenvalue weighted by atomic mass is 10.0. The van der Waals surface area contributed by atoms with E-state index in [9.17, 15) is 9.59 Å². The fraction of sp³-hybridized carbons (Fsp3) is 0.579. The smallest absolute Gasteiger partial charge is 0.413 e. The zero-order valence-electron chi connectivity index (χ0n) is 16.5. The van der Waals surface area contributed by atoms with Gasteiger partial charge in [-0.15, -0.1) is 0 Å². The van der Waals surface area contributed by atoms with Crippen molar-refractivity contribution in [3.8, 4) is 0 Å². The lowest BCUT2D eigenvalue weighted by Crippen LogP contribution is -2.54. The molecule has 0 unspecified atom stereocenters. The van der Waals surface area contributed by atoms with Crippen LogP contribution in [-0.2, 0) is 19.1 Å². The highest BCUT2D eigenvalue weighted by atomic mass is 16.7. The Morgan fingerprint density at radius 1 is 1.19 bits per heavy atom. The van der Waals surface area contributed by atoms with Crippen molar-refractivity contribution in [3.05, 3.63) is 35.9 Å². The van der Waals surface area contributed by atoms with E-state index in [1.165, 1.54) is 19.1 Å². The largest absolute Gasteiger partial charge is 0.444 e. The zero-order valence-corrected chi connectivity index (χ0v) is 16.5. The first-order chi connectivity index (χ1) is 12.0. The molecule has 7 nitrogen and oxygen atoms in total. The number of benzene rings is 1. The van der Waals surface area contributed by atoms with Crippen LogP contribution in [0.25, 0.3) is 0 Å². The van der Waals surface area contributed by atoms with E-state index < -0.39 is 35.5 Å². The highest BCUT2D eigenvalue weighted by Gasteiger charge is 2.55. The van der Waals surface area contributed by atoms with Crippen LogP contribution in [0, 0.1) is 0 Å². The van der Waals surface area contributed by atoms with Gasteiger partial charge in [0.15, 0.2) is 0 Å². The molecule has 1 aromatic rings. The van der Waals surface area contributed by atoms with Crippen molar-refractivity contribution in [2.45, 2.75) is 58.1 Å². The topological polar surface area (TPSA) is 68.3 Å². The SMILES string of the molecule is CON(C)C(=O)[C@@H]1[C@@H](c2ccccc2)OC(C)(C)N1C(=O)OC(C)(C)C. The van der Waals surface area contributed by atoms with Gasteiger partial charge in [0, 0.05) is 7.05 Å². The fourth-order valence-electron chi connectivity index (χ4n) is 2.96. The average molecular weight is 364 g/mol. The first kappa shape index (κ1) is 20.2. The van der Waals surface area contributed by atoms with Gasteiger partial charge in [0.25, 0.3) is 5.91 Å². The first-order valence-electron chi connectivity index (χ1n) is 8.54. The van der Waals surface area contributed by atoms with E-state index >= 15 is 0 Å². The molecular weight excluding hydrogens is 336 g/mol. The van der Waals surface area contributed by atoms with Crippen LogP contribution in [0.15, 0.2) is 30.3 Å². The monoisotopic (exact) mass is 364 g/mol. The number of hydrogen-bond donors (Lipinski definition) is 0. The van der Waals surface area contributed by atoms with Gasteiger partial charge >= 0.3 is 6.09 Å². The quantitative estimate of drug-likeness (QED) is 0.771. The Labute approximate surface area is 154 Å². The molecule has 26 heavy (non-hydrogen) atoms. The number of nitrogens with zero attached hydrogens (tertiary/aromatic N) is 2. The Hall–Kier alpha value is -2.12. The van der Waals surface area contributed by atoms with E-state index in [0.29, 0.717) is 0 Å². The summed E-state index contributed by atoms with van der Waals surface area (Å²) in [7, 11) is 2.90. The second-order valence-electron chi connectivity index (χ2n) is 7.71. The van der Waals surface area contributed by atoms with E-state index in [-0.39, 0.29) is 0 Å². The van der Waals surface area contributed by atoms with Gasteiger partial charge in [-0.05, 0) is 40.2 Å². The van der Waals surface area contributed by atoms with E-state index in [2.05, 4.69) is 0 Å². The van der Waals surface area contributed by atoms with Crippen LogP contribution in [0.3, 0.4) is 0 Å². The summed E-state index contributed by atoms with van der Waals surface area (Å²) in [6.07, 6.45) is -1.24. The Morgan fingerprint density at radius 3 is 2.27 bits per heavy atom. The molecule has 0 aliphatic carbocycles. The van der Waals surface area contributed by atoms with Crippen molar-refractivity contribution < 1.29 is 23.9 Å². The Bertz CT molecular complexity index is 654. The number of hydrogen-bond acceptors (Lipinski definition) is 5. The number of hydroxylamine groups is 2. The molecule has 1 aliphatic heterocycles. The normalized spacial score (nSPS) is 22.2. The van der Waals surface area contributed by atoms with Crippen molar-refractivity contribution in [1.29, 1.82) is 0 Å². The predicted molar refractivity (Wildman–Crippen MR) is 96.0 cm³/mol. The summed E-state index contributed by atoms with van der Waals surface area (Å²) in [5.41, 5.74) is -0.925. The maximum Gasteiger partial charge on any atom is 0.413 e. The zero-order chi connectivity index (χ0) is 19.7. The lowest BCUT2D eigenvalue weighted by molar-refractivity contribution is -0.174. The Balaban J connectivity index is 2.48. The van der Waals surface area contributed by atoms with Crippen LogP contribution in [0.1, 0.15) is 46.3 Å². The minimum absolute atomic E-state index is 0.391. The van der Waals surface area contributed by atoms with E-state index in [4.69, 9.17) is 14.3 Å². The predicted octanol–water partition coefficient (Wildman–Crippen LogP) is 3.12. The molecule has 0 bridgehead atoms. The number of ether oxygens (including phenoxy) is 2. The van der Waals surface area contributed by atoms with Gasteiger partial charge < -0.3 is 9.47 Å². The summed E-state index contributed by atoms with van der Waals surface area (Å²) in [5, 5.41) is 1.10. The minimum atomic E-state index is -1.03. The molecule has 0 N–H and O–H groups in total. The van der Waals surface area contributed by atoms with Gasteiger partial charge in [-0.3, -0.25) is 14.5 Å². The van der Waals surface area contributed by atoms with Gasteiger partial charge in [0.2, 0.25) is 0 Å². The summed E-state index contributed by atoms with van der Waals surface area (Å²) in [6.45, 7) is 8.82. The van der Waals surface area contributed by atoms with E-state index in [1.807, 2.05) is 30.3 Å². The Kier molecular flexibility index (Phi) is 5.63. The van der Waals surface area contributed by atoms with Crippen molar-refractivity contribution in [1.82, 2.24) is 9.96 Å². The van der Waals surface area contributed by atoms with Crippen LogP contribution in [0.4, 0.5) is 4.79 Å². The molecule has 2 rings (SSSR count). The number of rotatable bonds is 3. The van der Waals surface area contributed by atoms with Crippen molar-refractivity contribution in [2.24, 2.45) is 0 Å². The second-order valence-corrected chi connectivity index (χ2v) is 7.71. The molecule has 2 amide bonds. The van der Waals surface area contributed by atoms with Crippen LogP contribution in [-0.4, -0.2) is 53.5 Å². The average Bonchev–Trinajstić information content (AvgIpc) is 2.84. The van der Waals surface area contributed by atoms with Gasteiger partial charge in [-0.25, -0.2) is 9.86 Å². The molecule has 0 saturated carbocycles. The summed E-state index contributed by atoms with van der Waals surface area (Å²) in [4.78, 5) is 32.3. The number of carbonyl (C=O) groups is 2. The molecule has 144 valence electrons. The first-order valence-corrected chi connectivity index (χ1v) is 8.54. The van der Waals surface area contributed by atoms with Crippen LogP contribution in [0.2, 0.25) is 0 Å². The van der Waals surface area contributed by atoms with Crippen LogP contribution >= 0.6 is 0 Å². The molecule has 1 saturated heterocycles. The summed E-state index contributed by atoms with van der Waals surface area (Å²) < 4.78 is 11.7. The molecule has 1 aliphatic rings. The van der Waals surface area contributed by atoms with Crippen LogP contribution < -0.4 is 0 Å². The highest BCUT2D eigenvalue weighted by Crippen LogP contribution is 2.42. The van der Waals surface area contributed by atoms with Gasteiger partial charge in [0.1, 0.15) is 23.5 Å². The maximum atomic E-state index is 13.0. The van der Waals surface area contributed by atoms with Gasteiger partial charge in [-0.1, -0.05) is 30.3 Å². The highest BCUT2D eigenvalue weighted by molar-refractivity contribution is 5.86. The molecule has 1 fully saturated rings. The Morgan fingerprint density at radius 2 is 1.77 bits per heavy atom. The number of carbonyl (C=O) groups excluding carboxylic acids is 2. The molecule has 2 atom stereocenters. The van der Waals surface area contributed by atoms with Crippen molar-refractivity contribution >= 4 is 12.0 Å². The van der Waals surface area contributed by atoms with Gasteiger partial charge in [-0.2, -0.15) is 0 Å². The molecular formula is C19H28N2O5. The number of likely N-dealkylation sites (N-methyl/N-ethyl adjacent to an activating group) is 1. The third-order valence-corrected chi connectivity index (χ3v) is 4.12. The molecule has 1 aromatic carbocycles. The summed E-state index contributed by atoms with van der Waals surface area (Å²) in [5.74, 6) is -0.391. The molecule has 1 heterocycles. The maximum absolute atomic E-state index is 13.0.